The molecule has 2 fully saturated rings. The van der Waals surface area contributed by atoms with Gasteiger partial charge in [-0.2, -0.15) is 0 Å². The van der Waals surface area contributed by atoms with Gasteiger partial charge in [-0.05, 0) is 70.6 Å². The van der Waals surface area contributed by atoms with Crippen LogP contribution in [0.25, 0.3) is 0 Å². The third-order valence-electron chi connectivity index (χ3n) is 15.2. The summed E-state index contributed by atoms with van der Waals surface area (Å²) in [6.45, 7) is 3.56. The fourth-order valence-electron chi connectivity index (χ4n) is 9.97. The van der Waals surface area contributed by atoms with Gasteiger partial charge in [0.2, 0.25) is 0 Å². The van der Waals surface area contributed by atoms with E-state index in [9.17, 15) is 40.5 Å². The van der Waals surface area contributed by atoms with Gasteiger partial charge in [0.05, 0.1) is 26.4 Å². The maximum Gasteiger partial charge on any atom is 0.306 e. The molecule has 2 aliphatic heterocycles. The third kappa shape index (κ3) is 39.0. The summed E-state index contributed by atoms with van der Waals surface area (Å²) in [4.78, 5) is 13.1. The van der Waals surface area contributed by atoms with Crippen LogP contribution in [0.15, 0.2) is 85.1 Å². The zero-order valence-corrected chi connectivity index (χ0v) is 51.2. The molecule has 11 unspecified atom stereocenters. The van der Waals surface area contributed by atoms with E-state index in [0.29, 0.717) is 13.0 Å². The molecule has 7 N–H and O–H groups in total. The first-order chi connectivity index (χ1) is 40.1. The number of hydrogen-bond acceptors (Lipinski definition) is 14. The average molecular weight is 1160 g/mol. The number of carbonyl (C=O) groups excluding carboxylic acids is 1. The van der Waals surface area contributed by atoms with Crippen molar-refractivity contribution in [1.29, 1.82) is 0 Å². The first-order valence-corrected chi connectivity index (χ1v) is 32.7. The molecule has 14 nitrogen and oxygen atoms in total. The number of rotatable bonds is 53. The van der Waals surface area contributed by atoms with Crippen molar-refractivity contribution >= 4 is 5.97 Å². The molecule has 11 atom stereocenters. The number of aliphatic hydroxyl groups excluding tert-OH is 7. The summed E-state index contributed by atoms with van der Waals surface area (Å²) >= 11 is 0. The van der Waals surface area contributed by atoms with Crippen LogP contribution in [-0.2, 0) is 33.2 Å². The smallest absolute Gasteiger partial charge is 0.306 e. The van der Waals surface area contributed by atoms with Crippen molar-refractivity contribution in [3.8, 4) is 0 Å². The van der Waals surface area contributed by atoms with Crippen LogP contribution in [0.4, 0.5) is 0 Å². The van der Waals surface area contributed by atoms with E-state index >= 15 is 0 Å². The molecule has 2 rings (SSSR count). The highest BCUT2D eigenvalue weighted by atomic mass is 16.7. The fraction of sp³-hybridized carbons (Fsp3) is 0.779. The number of esters is 1. The monoisotopic (exact) mass is 1160 g/mol. The van der Waals surface area contributed by atoms with Crippen LogP contribution >= 0.6 is 0 Å². The van der Waals surface area contributed by atoms with Crippen LogP contribution in [0.5, 0.6) is 0 Å². The predicted octanol–water partition coefficient (Wildman–Crippen LogP) is 13.1. The number of carbonyl (C=O) groups is 1. The van der Waals surface area contributed by atoms with Crippen LogP contribution in [0.1, 0.15) is 239 Å². The predicted molar refractivity (Wildman–Crippen MR) is 330 cm³/mol. The lowest BCUT2D eigenvalue weighted by Gasteiger charge is -2.42. The second-order valence-electron chi connectivity index (χ2n) is 22.6. The summed E-state index contributed by atoms with van der Waals surface area (Å²) in [6.07, 6.45) is 55.1. The maximum atomic E-state index is 13.1. The Bertz CT molecular complexity index is 1680. The standard InChI is InChI=1S/C68H118O14/c1-3-5-7-9-11-13-15-17-19-21-23-25-27-28-29-31-33-35-37-39-41-43-45-47-49-51-60(70)80-57(55-78-67-66(76)64(74)62(72)59(82-67)56-79-68-65(75)63(73)61(71)58(53-69)81-68)54-77-52-50-48-46-44-42-40-38-36-34-32-30-26-24-22-20-18-16-14-12-10-8-6-4-2/h5,7,11,13,17,19,23,25,28-29,33,35,39,41,57-59,61-69,71-76H,3-4,6,8-10,12,14-16,18,20-22,24,26-27,30-32,34,36-38,40,42-56H2,1-2H3/b7-5-,13-11-,19-17-,25-23-,29-28-,35-33-,41-39-. The van der Waals surface area contributed by atoms with Gasteiger partial charge in [0.15, 0.2) is 12.6 Å². The summed E-state index contributed by atoms with van der Waals surface area (Å²) in [5.74, 6) is -0.406. The molecule has 0 amide bonds. The highest BCUT2D eigenvalue weighted by molar-refractivity contribution is 5.69. The Morgan fingerprint density at radius 1 is 0.415 bits per heavy atom. The lowest BCUT2D eigenvalue weighted by molar-refractivity contribution is -0.332. The first-order valence-electron chi connectivity index (χ1n) is 32.7. The van der Waals surface area contributed by atoms with Crippen LogP contribution in [0, 0.1) is 0 Å². The summed E-state index contributed by atoms with van der Waals surface area (Å²) in [7, 11) is 0. The van der Waals surface area contributed by atoms with E-state index in [2.05, 4.69) is 98.9 Å². The second-order valence-corrected chi connectivity index (χ2v) is 22.6. The van der Waals surface area contributed by atoms with Crippen LogP contribution in [0.3, 0.4) is 0 Å². The summed E-state index contributed by atoms with van der Waals surface area (Å²) < 4.78 is 34.5. The highest BCUT2D eigenvalue weighted by Crippen LogP contribution is 2.27. The van der Waals surface area contributed by atoms with Crippen molar-refractivity contribution in [3.63, 3.8) is 0 Å². The van der Waals surface area contributed by atoms with E-state index in [1.807, 2.05) is 0 Å². The van der Waals surface area contributed by atoms with Crippen molar-refractivity contribution in [2.75, 3.05) is 33.0 Å². The van der Waals surface area contributed by atoms with E-state index in [4.69, 9.17) is 28.4 Å². The minimum Gasteiger partial charge on any atom is -0.457 e. The Morgan fingerprint density at radius 2 is 0.793 bits per heavy atom. The van der Waals surface area contributed by atoms with Crippen molar-refractivity contribution in [2.24, 2.45) is 0 Å². The SMILES string of the molecule is CC/C=C\C/C=C\C/C=C\C/C=C\C/C=C\C/C=C\C/C=C\CCCCCC(=O)OC(COCCCCCCCCCCCCCCCCCCCCCCCCC)COC1OC(COC2OC(CO)C(O)C(O)C2O)C(O)C(O)C1O. The number of ether oxygens (including phenoxy) is 6. The summed E-state index contributed by atoms with van der Waals surface area (Å²) in [5.41, 5.74) is 0. The Balaban J connectivity index is 1.69. The molecule has 82 heavy (non-hydrogen) atoms. The van der Waals surface area contributed by atoms with Crippen molar-refractivity contribution in [1.82, 2.24) is 0 Å². The Labute approximate surface area is 497 Å². The van der Waals surface area contributed by atoms with Crippen molar-refractivity contribution < 1.29 is 69.0 Å². The normalized spacial score (nSPS) is 24.1. The molecular weight excluding hydrogens is 1040 g/mol. The van der Waals surface area contributed by atoms with Gasteiger partial charge in [-0.25, -0.2) is 0 Å². The minimum atomic E-state index is -1.72. The maximum absolute atomic E-state index is 13.1. The minimum absolute atomic E-state index is 0.0459. The largest absolute Gasteiger partial charge is 0.457 e. The molecule has 2 heterocycles. The van der Waals surface area contributed by atoms with Gasteiger partial charge in [0.25, 0.3) is 0 Å². The van der Waals surface area contributed by atoms with Crippen LogP contribution in [-0.4, -0.2) is 142 Å². The molecule has 0 aromatic rings. The quantitative estimate of drug-likeness (QED) is 0.0172. The Hall–Kier alpha value is -2.83. The second kappa shape index (κ2) is 53.6. The van der Waals surface area contributed by atoms with E-state index in [1.165, 1.54) is 128 Å². The molecular formula is C68H118O14. The molecule has 2 saturated heterocycles. The van der Waals surface area contributed by atoms with Gasteiger partial charge in [-0.1, -0.05) is 247 Å². The van der Waals surface area contributed by atoms with Crippen LogP contribution < -0.4 is 0 Å². The van der Waals surface area contributed by atoms with Gasteiger partial charge in [0, 0.05) is 13.0 Å². The third-order valence-corrected chi connectivity index (χ3v) is 15.2. The molecule has 2 aliphatic rings. The molecule has 0 spiro atoms. The topological polar surface area (TPSA) is 214 Å². The number of hydrogen-bond donors (Lipinski definition) is 7. The molecule has 0 bridgehead atoms. The lowest BCUT2D eigenvalue weighted by Crippen LogP contribution is -2.61. The fourth-order valence-corrected chi connectivity index (χ4v) is 9.97. The summed E-state index contributed by atoms with van der Waals surface area (Å²) in [6, 6.07) is 0. The van der Waals surface area contributed by atoms with Crippen molar-refractivity contribution in [2.45, 2.75) is 306 Å². The average Bonchev–Trinajstić information content (AvgIpc) is 3.54. The highest BCUT2D eigenvalue weighted by Gasteiger charge is 2.47. The Morgan fingerprint density at radius 3 is 1.23 bits per heavy atom. The zero-order valence-electron chi connectivity index (χ0n) is 51.2. The van der Waals surface area contributed by atoms with E-state index in [1.54, 1.807) is 0 Å². The molecule has 0 radical (unpaired) electrons. The number of aliphatic hydroxyl groups is 7. The van der Waals surface area contributed by atoms with E-state index < -0.39 is 86.7 Å². The Kier molecular flexibility index (Phi) is 49.2. The van der Waals surface area contributed by atoms with Gasteiger partial charge >= 0.3 is 5.97 Å². The van der Waals surface area contributed by atoms with Gasteiger partial charge in [0.1, 0.15) is 54.9 Å². The lowest BCUT2D eigenvalue weighted by atomic mass is 9.98. The van der Waals surface area contributed by atoms with Crippen molar-refractivity contribution in [3.05, 3.63) is 85.1 Å². The molecule has 0 aromatic carbocycles. The van der Waals surface area contributed by atoms with E-state index in [-0.39, 0.29) is 19.6 Å². The van der Waals surface area contributed by atoms with Gasteiger partial charge < -0.3 is 64.2 Å². The molecule has 0 aromatic heterocycles. The number of unbranched alkanes of at least 4 members (excludes halogenated alkanes) is 25. The van der Waals surface area contributed by atoms with Gasteiger partial charge in [-0.3, -0.25) is 4.79 Å². The zero-order chi connectivity index (χ0) is 59.4. The molecule has 474 valence electrons. The first kappa shape index (κ1) is 75.3. The summed E-state index contributed by atoms with van der Waals surface area (Å²) in [5, 5.41) is 72.5. The molecule has 0 aliphatic carbocycles. The molecule has 0 saturated carbocycles. The van der Waals surface area contributed by atoms with Crippen LogP contribution in [0.2, 0.25) is 0 Å². The van der Waals surface area contributed by atoms with E-state index in [0.717, 1.165) is 83.5 Å². The van der Waals surface area contributed by atoms with Gasteiger partial charge in [-0.15, -0.1) is 0 Å². The number of allylic oxidation sites excluding steroid dienone is 14. The molecule has 14 heteroatoms.